The summed E-state index contributed by atoms with van der Waals surface area (Å²) in [5, 5.41) is 4.40. The third-order valence-corrected chi connectivity index (χ3v) is 9.11. The molecule has 0 N–H and O–H groups in total. The molecule has 2 aliphatic carbocycles. The molecule has 2 fully saturated rings. The van der Waals surface area contributed by atoms with Crippen molar-refractivity contribution in [1.29, 1.82) is 0 Å². The molecule has 0 radical (unpaired) electrons. The largest absolute Gasteiger partial charge is 0.365 e. The van der Waals surface area contributed by atoms with Gasteiger partial charge in [0.1, 0.15) is 0 Å². The Morgan fingerprint density at radius 2 is 1.30 bits per heavy atom. The number of hydrogen-bond donors (Lipinski definition) is 0. The van der Waals surface area contributed by atoms with Crippen LogP contribution in [0, 0.1) is 16.2 Å². The van der Waals surface area contributed by atoms with Gasteiger partial charge in [-0.3, -0.25) is 4.79 Å². The molecule has 0 aliphatic heterocycles. The summed E-state index contributed by atoms with van der Waals surface area (Å²) in [7, 11) is 0. The highest BCUT2D eigenvalue weighted by Gasteiger charge is 2.72. The maximum atomic E-state index is 14.6. The fraction of sp³-hybridized carbons (Fsp3) is 0.344. The van der Waals surface area contributed by atoms with Gasteiger partial charge in [0.05, 0.1) is 16.7 Å². The average molecular weight is 495 g/mol. The van der Waals surface area contributed by atoms with Crippen LogP contribution in [-0.2, 0) is 22.7 Å². The fourth-order valence-electron chi connectivity index (χ4n) is 6.33. The van der Waals surface area contributed by atoms with Gasteiger partial charge in [0.25, 0.3) is 0 Å². The van der Waals surface area contributed by atoms with E-state index < -0.39 is 11.4 Å². The zero-order valence-electron chi connectivity index (χ0n) is 21.8. The first kappa shape index (κ1) is 24.9. The van der Waals surface area contributed by atoms with Gasteiger partial charge < -0.3 is 9.74 Å². The van der Waals surface area contributed by atoms with Crippen LogP contribution in [0.2, 0.25) is 0 Å². The number of carbonyl (C=O) groups is 2. The van der Waals surface area contributed by atoms with E-state index >= 15 is 0 Å². The second-order valence-electron chi connectivity index (χ2n) is 11.1. The van der Waals surface area contributed by atoms with Crippen LogP contribution in [0.3, 0.4) is 0 Å². The summed E-state index contributed by atoms with van der Waals surface area (Å²) in [6, 6.07) is 29.2. The lowest BCUT2D eigenvalue weighted by atomic mass is 9.64. The molecule has 37 heavy (non-hydrogen) atoms. The maximum Gasteiger partial charge on any atom is 0.365 e. The van der Waals surface area contributed by atoms with Gasteiger partial charge in [-0.15, -0.1) is 0 Å². The van der Waals surface area contributed by atoms with Crippen molar-refractivity contribution >= 4 is 17.6 Å². The van der Waals surface area contributed by atoms with Gasteiger partial charge >= 0.3 is 5.97 Å². The zero-order chi connectivity index (χ0) is 26.1. The Labute approximate surface area is 219 Å². The Morgan fingerprint density at radius 1 is 0.784 bits per heavy atom. The van der Waals surface area contributed by atoms with E-state index in [1.165, 1.54) is 0 Å². The van der Waals surface area contributed by atoms with Gasteiger partial charge in [0.2, 0.25) is 5.91 Å². The van der Waals surface area contributed by atoms with E-state index in [2.05, 4.69) is 50.2 Å². The number of carbonyl (C=O) groups excluding carboxylic acids is 2. The molecule has 2 atom stereocenters. The van der Waals surface area contributed by atoms with Crippen LogP contribution < -0.4 is 0 Å². The summed E-state index contributed by atoms with van der Waals surface area (Å²) in [6.45, 7) is 7.62. The number of fused-ring (bicyclic) bond motifs is 2. The average Bonchev–Trinajstić information content (AvgIpc) is 3.23. The van der Waals surface area contributed by atoms with Crippen LogP contribution >= 0.6 is 0 Å². The lowest BCUT2D eigenvalue weighted by molar-refractivity contribution is -0.148. The molecule has 3 aromatic carbocycles. The van der Waals surface area contributed by atoms with Crippen molar-refractivity contribution in [2.75, 3.05) is 0 Å². The van der Waals surface area contributed by atoms with Gasteiger partial charge in [-0.2, -0.15) is 0 Å². The van der Waals surface area contributed by atoms with Gasteiger partial charge in [0, 0.05) is 24.9 Å². The number of nitrogens with zero attached hydrogens (tertiary/aromatic N) is 2. The summed E-state index contributed by atoms with van der Waals surface area (Å²) < 4.78 is 0. The molecule has 190 valence electrons. The molecule has 3 aromatic rings. The lowest BCUT2D eigenvalue weighted by Crippen LogP contribution is -2.48. The van der Waals surface area contributed by atoms with Crippen molar-refractivity contribution in [3.05, 3.63) is 108 Å². The Kier molecular flexibility index (Phi) is 6.49. The third-order valence-electron chi connectivity index (χ3n) is 9.11. The molecule has 1 amide bonds. The van der Waals surface area contributed by atoms with E-state index in [-0.39, 0.29) is 16.7 Å². The molecular formula is C32H34N2O3. The molecule has 5 rings (SSSR count). The molecule has 2 aliphatic rings. The van der Waals surface area contributed by atoms with Gasteiger partial charge in [0.15, 0.2) is 0 Å². The molecule has 5 nitrogen and oxygen atoms in total. The van der Waals surface area contributed by atoms with Crippen LogP contribution in [0.5, 0.6) is 0 Å². The zero-order valence-corrected chi connectivity index (χ0v) is 21.8. The fourth-order valence-corrected chi connectivity index (χ4v) is 6.33. The predicted octanol–water partition coefficient (Wildman–Crippen LogP) is 6.64. The van der Waals surface area contributed by atoms with Gasteiger partial charge in [-0.1, -0.05) is 105 Å². The lowest BCUT2D eigenvalue weighted by Gasteiger charge is -2.42. The molecular weight excluding hydrogens is 460 g/mol. The Bertz CT molecular complexity index is 1260. The highest BCUT2D eigenvalue weighted by molar-refractivity contribution is 6.02. The highest BCUT2D eigenvalue weighted by atomic mass is 16.7. The molecule has 0 saturated heterocycles. The summed E-state index contributed by atoms with van der Waals surface area (Å²) in [5.41, 5.74) is 2.19. The van der Waals surface area contributed by atoms with E-state index in [9.17, 15) is 9.59 Å². The predicted molar refractivity (Wildman–Crippen MR) is 145 cm³/mol. The first-order valence-corrected chi connectivity index (χ1v) is 13.0. The number of hydrogen-bond acceptors (Lipinski definition) is 4. The molecule has 0 heterocycles. The van der Waals surface area contributed by atoms with E-state index in [1.807, 2.05) is 47.4 Å². The molecule has 2 saturated carbocycles. The smallest absolute Gasteiger partial charge is 0.334 e. The van der Waals surface area contributed by atoms with E-state index in [0.29, 0.717) is 25.1 Å². The van der Waals surface area contributed by atoms with E-state index in [4.69, 9.17) is 4.84 Å². The standard InChI is InChI=1S/C32H34N2O3/c1-30(2)31(3)19-20-32(30,21-27(31)33-37-28(35)26-17-11-6-12-18-26)29(36)34(22-24-13-7-4-8-14-24)23-25-15-9-5-10-16-25/h4-18H,19-23H2,1-3H3/b33-27+. The minimum Gasteiger partial charge on any atom is -0.334 e. The first-order chi connectivity index (χ1) is 17.8. The van der Waals surface area contributed by atoms with Crippen molar-refractivity contribution in [2.45, 2.75) is 53.1 Å². The maximum absolute atomic E-state index is 14.6. The number of benzene rings is 3. The summed E-state index contributed by atoms with van der Waals surface area (Å²) in [5.74, 6) is -0.332. The highest BCUT2D eigenvalue weighted by Crippen LogP contribution is 2.71. The monoisotopic (exact) mass is 494 g/mol. The normalized spacial score (nSPS) is 24.7. The van der Waals surface area contributed by atoms with Crippen molar-refractivity contribution < 1.29 is 14.4 Å². The summed E-state index contributed by atoms with van der Waals surface area (Å²) in [6.07, 6.45) is 2.12. The Balaban J connectivity index is 1.45. The summed E-state index contributed by atoms with van der Waals surface area (Å²) in [4.78, 5) is 34.6. The summed E-state index contributed by atoms with van der Waals surface area (Å²) >= 11 is 0. The van der Waals surface area contributed by atoms with Crippen molar-refractivity contribution in [2.24, 2.45) is 21.4 Å². The van der Waals surface area contributed by atoms with Crippen LogP contribution in [0.25, 0.3) is 0 Å². The van der Waals surface area contributed by atoms with Crippen molar-refractivity contribution in [1.82, 2.24) is 4.90 Å². The van der Waals surface area contributed by atoms with Gasteiger partial charge in [-0.25, -0.2) is 4.79 Å². The quantitative estimate of drug-likeness (QED) is 0.273. The number of oxime groups is 1. The topological polar surface area (TPSA) is 59.0 Å². The second-order valence-corrected chi connectivity index (χ2v) is 11.1. The van der Waals surface area contributed by atoms with Crippen LogP contribution in [0.1, 0.15) is 61.5 Å². The third kappa shape index (κ3) is 4.26. The van der Waals surface area contributed by atoms with Gasteiger partial charge in [-0.05, 0) is 41.5 Å². The van der Waals surface area contributed by atoms with Crippen LogP contribution in [-0.4, -0.2) is 22.5 Å². The van der Waals surface area contributed by atoms with Crippen LogP contribution in [0.15, 0.2) is 96.2 Å². The van der Waals surface area contributed by atoms with E-state index in [1.54, 1.807) is 24.3 Å². The van der Waals surface area contributed by atoms with Crippen molar-refractivity contribution in [3.8, 4) is 0 Å². The molecule has 0 spiro atoms. The molecule has 2 unspecified atom stereocenters. The molecule has 0 aromatic heterocycles. The number of rotatable bonds is 7. The molecule has 5 heteroatoms. The van der Waals surface area contributed by atoms with Crippen LogP contribution in [0.4, 0.5) is 0 Å². The SMILES string of the molecule is CC12CCC(C(=O)N(Cc3ccccc3)Cc3ccccc3)(C/C1=N\OC(=O)c1ccccc1)C2(C)C. The first-order valence-electron chi connectivity index (χ1n) is 13.0. The minimum atomic E-state index is -0.608. The minimum absolute atomic E-state index is 0.147. The van der Waals surface area contributed by atoms with Crippen molar-refractivity contribution in [3.63, 3.8) is 0 Å². The van der Waals surface area contributed by atoms with E-state index in [0.717, 1.165) is 29.7 Å². The number of amides is 1. The Morgan fingerprint density at radius 3 is 1.84 bits per heavy atom. The second kappa shape index (κ2) is 9.62. The molecule has 2 bridgehead atoms. The Hall–Kier alpha value is -3.73.